The number of nitrogens with one attached hydrogen (secondary N) is 2. The van der Waals surface area contributed by atoms with E-state index in [1.807, 2.05) is 18.2 Å². The molecule has 2 rings (SSSR count). The molecule has 1 heterocycles. The first-order valence-electron chi connectivity index (χ1n) is 7.58. The maximum absolute atomic E-state index is 12.2. The van der Waals surface area contributed by atoms with Gasteiger partial charge in [-0.05, 0) is 24.6 Å². The van der Waals surface area contributed by atoms with Crippen molar-refractivity contribution >= 4 is 23.2 Å². The maximum atomic E-state index is 12.2. The van der Waals surface area contributed by atoms with Crippen LogP contribution >= 0.6 is 0 Å². The van der Waals surface area contributed by atoms with Crippen molar-refractivity contribution in [1.82, 2.24) is 5.32 Å². The summed E-state index contributed by atoms with van der Waals surface area (Å²) >= 11 is 0. The topological polar surface area (TPSA) is 81.7 Å². The summed E-state index contributed by atoms with van der Waals surface area (Å²) in [4.78, 5) is 26.0. The fourth-order valence-corrected chi connectivity index (χ4v) is 2.12. The Labute approximate surface area is 130 Å². The lowest BCUT2D eigenvalue weighted by Gasteiger charge is -2.33. The molecule has 1 saturated heterocycles. The van der Waals surface area contributed by atoms with Crippen LogP contribution in [0.15, 0.2) is 24.3 Å². The Morgan fingerprint density at radius 3 is 2.55 bits per heavy atom. The number of aliphatic hydroxyl groups excluding tert-OH is 1. The second-order valence-corrected chi connectivity index (χ2v) is 5.78. The summed E-state index contributed by atoms with van der Waals surface area (Å²) in [5.74, 6) is -0.919. The number of carbonyl (C=O) groups is 2. The quantitative estimate of drug-likeness (QED) is 0.731. The third-order valence-electron chi connectivity index (χ3n) is 3.67. The Hall–Kier alpha value is -2.08. The van der Waals surface area contributed by atoms with Gasteiger partial charge in [-0.3, -0.25) is 9.59 Å². The molecule has 1 atom stereocenters. The molecule has 1 aliphatic rings. The van der Waals surface area contributed by atoms with E-state index < -0.39 is 18.6 Å². The highest BCUT2D eigenvalue weighted by atomic mass is 16.3. The highest BCUT2D eigenvalue weighted by molar-refractivity contribution is 5.97. The molecule has 0 aliphatic carbocycles. The molecule has 0 aromatic heterocycles. The number of carbonyl (C=O) groups excluding carboxylic acids is 2. The molecule has 1 fully saturated rings. The molecule has 0 spiro atoms. The molecule has 0 unspecified atom stereocenters. The Kier molecular flexibility index (Phi) is 5.38. The van der Waals surface area contributed by atoms with Gasteiger partial charge in [0.05, 0.1) is 6.61 Å². The van der Waals surface area contributed by atoms with Gasteiger partial charge < -0.3 is 20.6 Å². The van der Waals surface area contributed by atoms with Crippen LogP contribution in [0.2, 0.25) is 0 Å². The van der Waals surface area contributed by atoms with Crippen LogP contribution in [0.4, 0.5) is 11.4 Å². The predicted molar refractivity (Wildman–Crippen MR) is 85.8 cm³/mol. The van der Waals surface area contributed by atoms with Crippen molar-refractivity contribution in [2.45, 2.75) is 26.3 Å². The molecule has 1 aromatic carbocycles. The molecule has 0 bridgehead atoms. The van der Waals surface area contributed by atoms with Crippen LogP contribution in [0.25, 0.3) is 0 Å². The summed E-state index contributed by atoms with van der Waals surface area (Å²) in [5, 5.41) is 14.6. The SMILES string of the molecule is CC(C)C(=O)N[C@@H](CO)C(=O)Nc1cccc(N2CCC2)c1. The van der Waals surface area contributed by atoms with Gasteiger partial charge in [-0.25, -0.2) is 0 Å². The second-order valence-electron chi connectivity index (χ2n) is 5.78. The Bertz CT molecular complexity index is 541. The van der Waals surface area contributed by atoms with Crippen LogP contribution in [0.3, 0.4) is 0 Å². The Balaban J connectivity index is 1.98. The molecule has 1 aromatic rings. The minimum Gasteiger partial charge on any atom is -0.394 e. The van der Waals surface area contributed by atoms with Gasteiger partial charge in [0.2, 0.25) is 11.8 Å². The molecule has 0 radical (unpaired) electrons. The van der Waals surface area contributed by atoms with Crippen LogP contribution in [-0.4, -0.2) is 42.7 Å². The van der Waals surface area contributed by atoms with E-state index in [2.05, 4.69) is 15.5 Å². The highest BCUT2D eigenvalue weighted by Crippen LogP contribution is 2.23. The average Bonchev–Trinajstić information content (AvgIpc) is 2.42. The zero-order valence-corrected chi connectivity index (χ0v) is 13.0. The number of rotatable bonds is 6. The van der Waals surface area contributed by atoms with E-state index in [-0.39, 0.29) is 11.8 Å². The monoisotopic (exact) mass is 305 g/mol. The smallest absolute Gasteiger partial charge is 0.249 e. The van der Waals surface area contributed by atoms with Crippen molar-refractivity contribution in [3.05, 3.63) is 24.3 Å². The summed E-state index contributed by atoms with van der Waals surface area (Å²) in [5.41, 5.74) is 1.72. The minimum absolute atomic E-state index is 0.239. The zero-order valence-electron chi connectivity index (χ0n) is 13.0. The fraction of sp³-hybridized carbons (Fsp3) is 0.500. The molecule has 6 heteroatoms. The zero-order chi connectivity index (χ0) is 16.1. The molecular formula is C16H23N3O3. The van der Waals surface area contributed by atoms with Crippen LogP contribution in [0.5, 0.6) is 0 Å². The van der Waals surface area contributed by atoms with Crippen molar-refractivity contribution < 1.29 is 14.7 Å². The van der Waals surface area contributed by atoms with Gasteiger partial charge in [0.15, 0.2) is 0 Å². The molecule has 3 N–H and O–H groups in total. The normalized spacial score (nSPS) is 15.2. The lowest BCUT2D eigenvalue weighted by atomic mass is 10.1. The van der Waals surface area contributed by atoms with Crippen LogP contribution in [0, 0.1) is 5.92 Å². The Morgan fingerprint density at radius 1 is 1.27 bits per heavy atom. The Morgan fingerprint density at radius 2 is 2.00 bits per heavy atom. The van der Waals surface area contributed by atoms with Crippen LogP contribution in [0.1, 0.15) is 20.3 Å². The summed E-state index contributed by atoms with van der Waals surface area (Å²) < 4.78 is 0. The molecule has 6 nitrogen and oxygen atoms in total. The molecule has 0 saturated carbocycles. The average molecular weight is 305 g/mol. The summed E-state index contributed by atoms with van der Waals surface area (Å²) in [6, 6.07) is 6.63. The number of nitrogens with zero attached hydrogens (tertiary/aromatic N) is 1. The molecule has 22 heavy (non-hydrogen) atoms. The van der Waals surface area contributed by atoms with E-state index in [4.69, 9.17) is 0 Å². The van der Waals surface area contributed by atoms with E-state index >= 15 is 0 Å². The van der Waals surface area contributed by atoms with Gasteiger partial charge in [0.25, 0.3) is 0 Å². The first kappa shape index (κ1) is 16.3. The number of hydrogen-bond acceptors (Lipinski definition) is 4. The molecule has 2 amide bonds. The van der Waals surface area contributed by atoms with Crippen LogP contribution < -0.4 is 15.5 Å². The number of hydrogen-bond donors (Lipinski definition) is 3. The summed E-state index contributed by atoms with van der Waals surface area (Å²) in [7, 11) is 0. The van der Waals surface area contributed by atoms with Gasteiger partial charge in [0, 0.05) is 30.4 Å². The van der Waals surface area contributed by atoms with E-state index in [0.717, 1.165) is 18.8 Å². The van der Waals surface area contributed by atoms with Gasteiger partial charge in [-0.15, -0.1) is 0 Å². The third kappa shape index (κ3) is 3.98. The number of benzene rings is 1. The van der Waals surface area contributed by atoms with Crippen molar-refractivity contribution in [2.75, 3.05) is 29.9 Å². The predicted octanol–water partition coefficient (Wildman–Crippen LogP) is 0.968. The van der Waals surface area contributed by atoms with Gasteiger partial charge in [-0.1, -0.05) is 19.9 Å². The highest BCUT2D eigenvalue weighted by Gasteiger charge is 2.21. The van der Waals surface area contributed by atoms with E-state index in [9.17, 15) is 14.7 Å². The number of aliphatic hydroxyl groups is 1. The molecule has 120 valence electrons. The lowest BCUT2D eigenvalue weighted by Crippen LogP contribution is -2.47. The largest absolute Gasteiger partial charge is 0.394 e. The van der Waals surface area contributed by atoms with Crippen molar-refractivity contribution in [3.8, 4) is 0 Å². The van der Waals surface area contributed by atoms with Gasteiger partial charge >= 0.3 is 0 Å². The van der Waals surface area contributed by atoms with Crippen molar-refractivity contribution in [2.24, 2.45) is 5.92 Å². The maximum Gasteiger partial charge on any atom is 0.249 e. The summed E-state index contributed by atoms with van der Waals surface area (Å²) in [6.45, 7) is 5.09. The van der Waals surface area contributed by atoms with E-state index in [1.165, 1.54) is 6.42 Å². The van der Waals surface area contributed by atoms with Gasteiger partial charge in [-0.2, -0.15) is 0 Å². The standard InChI is InChI=1S/C16H23N3O3/c1-11(2)15(21)18-14(10-20)16(22)17-12-5-3-6-13(9-12)19-7-4-8-19/h3,5-6,9,11,14,20H,4,7-8,10H2,1-2H3,(H,17,22)(H,18,21)/t14-/m0/s1. The third-order valence-corrected chi connectivity index (χ3v) is 3.67. The van der Waals surface area contributed by atoms with E-state index in [1.54, 1.807) is 19.9 Å². The number of amides is 2. The van der Waals surface area contributed by atoms with Crippen molar-refractivity contribution in [3.63, 3.8) is 0 Å². The second kappa shape index (κ2) is 7.26. The van der Waals surface area contributed by atoms with Gasteiger partial charge in [0.1, 0.15) is 6.04 Å². The lowest BCUT2D eigenvalue weighted by molar-refractivity contribution is -0.129. The molecular weight excluding hydrogens is 282 g/mol. The first-order chi connectivity index (χ1) is 10.5. The molecule has 1 aliphatic heterocycles. The van der Waals surface area contributed by atoms with Crippen molar-refractivity contribution in [1.29, 1.82) is 0 Å². The van der Waals surface area contributed by atoms with Crippen LogP contribution in [-0.2, 0) is 9.59 Å². The summed E-state index contributed by atoms with van der Waals surface area (Å²) in [6.07, 6.45) is 1.18. The number of anilines is 2. The first-order valence-corrected chi connectivity index (χ1v) is 7.58. The minimum atomic E-state index is -0.942. The fourth-order valence-electron chi connectivity index (χ4n) is 2.12. The van der Waals surface area contributed by atoms with E-state index in [0.29, 0.717) is 5.69 Å².